The van der Waals surface area contributed by atoms with E-state index < -0.39 is 5.92 Å². The van der Waals surface area contributed by atoms with Crippen LogP contribution in [0.3, 0.4) is 0 Å². The van der Waals surface area contributed by atoms with Gasteiger partial charge < -0.3 is 10.1 Å². The number of allylic oxidation sites excluding steroid dienone is 3. The number of dihydropyridines is 1. The van der Waals surface area contributed by atoms with Gasteiger partial charge >= 0.3 is 5.97 Å². The molecule has 0 spiro atoms. The number of rotatable bonds is 5. The van der Waals surface area contributed by atoms with Gasteiger partial charge in [0.2, 0.25) is 0 Å². The fraction of sp³-hybridized carbons (Fsp3) is 0.290. The van der Waals surface area contributed by atoms with Crippen molar-refractivity contribution in [1.29, 1.82) is 0 Å². The van der Waals surface area contributed by atoms with Crippen LogP contribution in [0, 0.1) is 5.41 Å². The van der Waals surface area contributed by atoms with Crippen LogP contribution in [0.4, 0.5) is 0 Å². The summed E-state index contributed by atoms with van der Waals surface area (Å²) in [6, 6.07) is 24.2. The summed E-state index contributed by atoms with van der Waals surface area (Å²) in [5.41, 5.74) is 4.90. The van der Waals surface area contributed by atoms with Gasteiger partial charge in [-0.3, -0.25) is 4.79 Å². The van der Waals surface area contributed by atoms with Crippen molar-refractivity contribution >= 4 is 22.5 Å². The minimum absolute atomic E-state index is 0.101. The number of carbonyl (C=O) groups is 2. The van der Waals surface area contributed by atoms with Gasteiger partial charge in [0.15, 0.2) is 5.78 Å². The summed E-state index contributed by atoms with van der Waals surface area (Å²) in [6.07, 6.45) is 1.87. The third kappa shape index (κ3) is 4.53. The average Bonchev–Trinajstić information content (AvgIpc) is 2.82. The smallest absolute Gasteiger partial charge is 0.336 e. The molecule has 1 N–H and O–H groups in total. The number of carbonyl (C=O) groups excluding carboxylic acids is 2. The van der Waals surface area contributed by atoms with E-state index in [1.165, 1.54) is 0 Å². The van der Waals surface area contributed by atoms with Crippen molar-refractivity contribution in [2.75, 3.05) is 6.61 Å². The maximum atomic E-state index is 13.6. The van der Waals surface area contributed by atoms with E-state index in [4.69, 9.17) is 4.74 Å². The first-order valence-corrected chi connectivity index (χ1v) is 12.3. The Bertz CT molecular complexity index is 1360. The SMILES string of the molecule is CC1=C(C(=O)OCCc2ccccc2)C(c2cccc3ccccc23)C2=C(CC(C)(C)CC2=O)N1. The maximum absolute atomic E-state index is 13.6. The molecule has 4 nitrogen and oxygen atoms in total. The van der Waals surface area contributed by atoms with Gasteiger partial charge in [0.25, 0.3) is 0 Å². The highest BCUT2D eigenvalue weighted by molar-refractivity contribution is 6.05. The quantitative estimate of drug-likeness (QED) is 0.454. The van der Waals surface area contributed by atoms with Crippen molar-refractivity contribution in [2.24, 2.45) is 5.41 Å². The largest absolute Gasteiger partial charge is 0.462 e. The van der Waals surface area contributed by atoms with Crippen LogP contribution < -0.4 is 5.32 Å². The van der Waals surface area contributed by atoms with Gasteiger partial charge in [-0.25, -0.2) is 4.79 Å². The fourth-order valence-electron chi connectivity index (χ4n) is 5.50. The second-order valence-corrected chi connectivity index (χ2v) is 10.4. The average molecular weight is 466 g/mol. The summed E-state index contributed by atoms with van der Waals surface area (Å²) in [4.78, 5) is 27.1. The van der Waals surface area contributed by atoms with Crippen molar-refractivity contribution in [1.82, 2.24) is 5.32 Å². The number of benzene rings is 3. The number of ether oxygens (including phenoxy) is 1. The summed E-state index contributed by atoms with van der Waals surface area (Å²) >= 11 is 0. The monoisotopic (exact) mass is 465 g/mol. The maximum Gasteiger partial charge on any atom is 0.336 e. The summed E-state index contributed by atoms with van der Waals surface area (Å²) in [7, 11) is 0. The minimum atomic E-state index is -0.454. The Hall–Kier alpha value is -3.66. The Balaban J connectivity index is 1.56. The first-order chi connectivity index (χ1) is 16.8. The normalized spacial score (nSPS) is 19.4. The van der Waals surface area contributed by atoms with Crippen LogP contribution in [0.5, 0.6) is 0 Å². The van der Waals surface area contributed by atoms with Crippen LogP contribution in [0.25, 0.3) is 10.8 Å². The molecule has 1 aliphatic heterocycles. The standard InChI is InChI=1S/C31H31NO3/c1-20-27(30(34)35-17-16-21-10-5-4-6-11-21)28(24-15-9-13-22-12-7-8-14-23(22)24)29-25(32-20)18-31(2,3)19-26(29)33/h4-15,28,32H,16-19H2,1-3H3. The highest BCUT2D eigenvalue weighted by atomic mass is 16.5. The summed E-state index contributed by atoms with van der Waals surface area (Å²) in [6.45, 7) is 6.45. The topological polar surface area (TPSA) is 55.4 Å². The van der Waals surface area contributed by atoms with E-state index in [1.54, 1.807) is 0 Å². The molecule has 5 rings (SSSR count). The lowest BCUT2D eigenvalue weighted by molar-refractivity contribution is -0.139. The second kappa shape index (κ2) is 9.18. The van der Waals surface area contributed by atoms with Crippen molar-refractivity contribution in [3.63, 3.8) is 0 Å². The molecule has 4 heteroatoms. The zero-order valence-electron chi connectivity index (χ0n) is 20.6. The summed E-state index contributed by atoms with van der Waals surface area (Å²) < 4.78 is 5.80. The van der Waals surface area contributed by atoms with E-state index in [0.29, 0.717) is 24.0 Å². The van der Waals surface area contributed by atoms with Crippen molar-refractivity contribution in [3.05, 3.63) is 106 Å². The molecule has 0 fully saturated rings. The number of ketones is 1. The van der Waals surface area contributed by atoms with Crippen LogP contribution in [0.1, 0.15) is 50.7 Å². The number of nitrogens with one attached hydrogen (secondary N) is 1. The highest BCUT2D eigenvalue weighted by Crippen LogP contribution is 2.48. The molecule has 1 unspecified atom stereocenters. The molecule has 3 aromatic carbocycles. The van der Waals surface area contributed by atoms with Crippen molar-refractivity contribution in [3.8, 4) is 0 Å². The molecule has 0 radical (unpaired) electrons. The number of Topliss-reactive ketones (excluding diaryl/α,β-unsaturated/α-hetero) is 1. The Morgan fingerprint density at radius 2 is 1.69 bits per heavy atom. The van der Waals surface area contributed by atoms with Crippen LogP contribution in [-0.4, -0.2) is 18.4 Å². The van der Waals surface area contributed by atoms with Crippen LogP contribution in [0.2, 0.25) is 0 Å². The van der Waals surface area contributed by atoms with E-state index in [0.717, 1.165) is 39.7 Å². The summed E-state index contributed by atoms with van der Waals surface area (Å²) in [5.74, 6) is -0.720. The Morgan fingerprint density at radius 1 is 0.971 bits per heavy atom. The van der Waals surface area contributed by atoms with Crippen LogP contribution in [0.15, 0.2) is 95.3 Å². The lowest BCUT2D eigenvalue weighted by Gasteiger charge is -2.39. The molecule has 0 aromatic heterocycles. The number of hydrogen-bond donors (Lipinski definition) is 1. The van der Waals surface area contributed by atoms with Gasteiger partial charge in [-0.2, -0.15) is 0 Å². The highest BCUT2D eigenvalue weighted by Gasteiger charge is 2.43. The number of esters is 1. The van der Waals surface area contributed by atoms with Gasteiger partial charge in [0.05, 0.1) is 12.2 Å². The molecule has 0 saturated carbocycles. The zero-order chi connectivity index (χ0) is 24.6. The van der Waals surface area contributed by atoms with E-state index in [-0.39, 0.29) is 23.8 Å². The molecule has 1 atom stereocenters. The fourth-order valence-corrected chi connectivity index (χ4v) is 5.50. The molecule has 0 saturated heterocycles. The van der Waals surface area contributed by atoms with Crippen LogP contribution >= 0.6 is 0 Å². The van der Waals surface area contributed by atoms with Crippen molar-refractivity contribution in [2.45, 2.75) is 46.0 Å². The van der Waals surface area contributed by atoms with Gasteiger partial charge in [-0.1, -0.05) is 86.6 Å². The Morgan fingerprint density at radius 3 is 2.49 bits per heavy atom. The molecule has 178 valence electrons. The molecule has 1 aliphatic carbocycles. The predicted molar refractivity (Wildman–Crippen MR) is 139 cm³/mol. The van der Waals surface area contributed by atoms with E-state index in [9.17, 15) is 9.59 Å². The third-order valence-electron chi connectivity index (χ3n) is 7.06. The van der Waals surface area contributed by atoms with Crippen LogP contribution in [-0.2, 0) is 20.7 Å². The predicted octanol–water partition coefficient (Wildman–Crippen LogP) is 6.23. The van der Waals surface area contributed by atoms with E-state index in [1.807, 2.05) is 61.5 Å². The molecule has 35 heavy (non-hydrogen) atoms. The van der Waals surface area contributed by atoms with Gasteiger partial charge in [0.1, 0.15) is 0 Å². The molecule has 0 amide bonds. The number of fused-ring (bicyclic) bond motifs is 1. The van der Waals surface area contributed by atoms with E-state index in [2.05, 4.69) is 37.4 Å². The minimum Gasteiger partial charge on any atom is -0.462 e. The van der Waals surface area contributed by atoms with E-state index >= 15 is 0 Å². The van der Waals surface area contributed by atoms with Gasteiger partial charge in [-0.15, -0.1) is 0 Å². The lowest BCUT2D eigenvalue weighted by atomic mass is 9.68. The molecule has 2 aliphatic rings. The molecular weight excluding hydrogens is 434 g/mol. The Kier molecular flexibility index (Phi) is 6.06. The molecule has 0 bridgehead atoms. The Labute approximate surface area is 206 Å². The summed E-state index contributed by atoms with van der Waals surface area (Å²) in [5, 5.41) is 5.57. The second-order valence-electron chi connectivity index (χ2n) is 10.4. The molecule has 1 heterocycles. The third-order valence-corrected chi connectivity index (χ3v) is 7.06. The van der Waals surface area contributed by atoms with Gasteiger partial charge in [0, 0.05) is 35.7 Å². The first kappa shape index (κ1) is 23.1. The first-order valence-electron chi connectivity index (χ1n) is 12.3. The van der Waals surface area contributed by atoms with Crippen molar-refractivity contribution < 1.29 is 14.3 Å². The van der Waals surface area contributed by atoms with Gasteiger partial charge in [-0.05, 0) is 40.7 Å². The molecular formula is C31H31NO3. The zero-order valence-corrected chi connectivity index (χ0v) is 20.6. The number of hydrogen-bond acceptors (Lipinski definition) is 4. The molecule has 3 aromatic rings. The lowest BCUT2D eigenvalue weighted by Crippen LogP contribution is -2.38.